The van der Waals surface area contributed by atoms with Crippen molar-refractivity contribution in [3.05, 3.63) is 36.3 Å². The topological polar surface area (TPSA) is 79.0 Å². The van der Waals surface area contributed by atoms with E-state index in [-0.39, 0.29) is 0 Å². The van der Waals surface area contributed by atoms with Gasteiger partial charge >= 0.3 is 0 Å². The third kappa shape index (κ3) is 2.88. The zero-order valence-electron chi connectivity index (χ0n) is 14.6. The first-order chi connectivity index (χ1) is 12.9. The lowest BCUT2D eigenvalue weighted by molar-refractivity contribution is 0.122. The van der Waals surface area contributed by atoms with Gasteiger partial charge in [0.1, 0.15) is 16.9 Å². The van der Waals surface area contributed by atoms with Crippen LogP contribution in [0.5, 0.6) is 0 Å². The van der Waals surface area contributed by atoms with Crippen molar-refractivity contribution in [3.63, 3.8) is 0 Å². The molecule has 3 heterocycles. The Morgan fingerprint density at radius 3 is 2.62 bits per heavy atom. The number of H-pyrrole nitrogens is 1. The number of hydrogen-bond acceptors (Lipinski definition) is 6. The number of benzene rings is 1. The molecule has 5 rings (SSSR count). The molecule has 2 N–H and O–H groups in total. The quantitative estimate of drug-likeness (QED) is 0.752. The number of rotatable bonds is 4. The van der Waals surface area contributed by atoms with Gasteiger partial charge < -0.3 is 15.0 Å². The van der Waals surface area contributed by atoms with E-state index >= 15 is 0 Å². The van der Waals surface area contributed by atoms with Gasteiger partial charge in [-0.15, -0.1) is 0 Å². The van der Waals surface area contributed by atoms with Crippen LogP contribution >= 0.6 is 0 Å². The van der Waals surface area contributed by atoms with Crippen molar-refractivity contribution in [3.8, 4) is 0 Å². The van der Waals surface area contributed by atoms with Gasteiger partial charge in [-0.05, 0) is 37.1 Å². The largest absolute Gasteiger partial charge is 0.378 e. The van der Waals surface area contributed by atoms with Crippen molar-refractivity contribution in [2.45, 2.75) is 25.2 Å². The molecule has 1 saturated heterocycles. The van der Waals surface area contributed by atoms with Crippen molar-refractivity contribution >= 4 is 28.2 Å². The van der Waals surface area contributed by atoms with Crippen LogP contribution in [0, 0.1) is 0 Å². The molecule has 26 heavy (non-hydrogen) atoms. The number of morpholine rings is 1. The average molecular weight is 350 g/mol. The zero-order chi connectivity index (χ0) is 17.3. The maximum Gasteiger partial charge on any atom is 0.160 e. The van der Waals surface area contributed by atoms with E-state index in [0.29, 0.717) is 5.92 Å². The molecule has 0 unspecified atom stereocenters. The molecule has 1 aromatic carbocycles. The van der Waals surface area contributed by atoms with Crippen LogP contribution in [0.1, 0.15) is 31.0 Å². The molecule has 0 bridgehead atoms. The van der Waals surface area contributed by atoms with Gasteiger partial charge in [-0.3, -0.25) is 5.10 Å². The van der Waals surface area contributed by atoms with Crippen molar-refractivity contribution in [1.29, 1.82) is 0 Å². The number of aromatic nitrogens is 4. The molecule has 1 saturated carbocycles. The van der Waals surface area contributed by atoms with Crippen LogP contribution in [-0.4, -0.2) is 46.5 Å². The summed E-state index contributed by atoms with van der Waals surface area (Å²) in [5, 5.41) is 10.6. The van der Waals surface area contributed by atoms with Crippen molar-refractivity contribution in [1.82, 2.24) is 20.2 Å². The number of ether oxygens (including phenoxy) is 1. The van der Waals surface area contributed by atoms with Crippen LogP contribution in [0.3, 0.4) is 0 Å². The molecule has 2 fully saturated rings. The van der Waals surface area contributed by atoms with E-state index in [1.54, 1.807) is 6.20 Å². The fraction of sp³-hybridized carbons (Fsp3) is 0.421. The summed E-state index contributed by atoms with van der Waals surface area (Å²) in [5.74, 6) is 2.21. The number of aromatic amines is 1. The summed E-state index contributed by atoms with van der Waals surface area (Å²) in [7, 11) is 0. The van der Waals surface area contributed by atoms with Crippen molar-refractivity contribution < 1.29 is 4.74 Å². The molecule has 2 aliphatic rings. The number of hydrogen-bond donors (Lipinski definition) is 2. The second-order valence-electron chi connectivity index (χ2n) is 6.96. The highest BCUT2D eigenvalue weighted by molar-refractivity contribution is 5.86. The van der Waals surface area contributed by atoms with Gasteiger partial charge in [-0.1, -0.05) is 6.42 Å². The summed E-state index contributed by atoms with van der Waals surface area (Å²) in [5.41, 5.74) is 3.96. The summed E-state index contributed by atoms with van der Waals surface area (Å²) >= 11 is 0. The fourth-order valence-electron chi connectivity index (χ4n) is 3.51. The van der Waals surface area contributed by atoms with E-state index in [0.717, 1.165) is 54.7 Å². The molecule has 1 aliphatic carbocycles. The predicted octanol–water partition coefficient (Wildman–Crippen LogP) is 3.20. The summed E-state index contributed by atoms with van der Waals surface area (Å²) in [6.07, 6.45) is 5.39. The normalized spacial score (nSPS) is 18.1. The summed E-state index contributed by atoms with van der Waals surface area (Å²) in [6.45, 7) is 3.47. The Balaban J connectivity index is 1.40. The Bertz CT molecular complexity index is 896. The Hall–Kier alpha value is -2.67. The van der Waals surface area contributed by atoms with Gasteiger partial charge in [-0.2, -0.15) is 5.10 Å². The first-order valence-electron chi connectivity index (χ1n) is 9.27. The van der Waals surface area contributed by atoms with Gasteiger partial charge in [0.15, 0.2) is 5.82 Å². The molecule has 7 heteroatoms. The minimum Gasteiger partial charge on any atom is -0.378 e. The van der Waals surface area contributed by atoms with Gasteiger partial charge in [0, 0.05) is 30.4 Å². The van der Waals surface area contributed by atoms with Crippen LogP contribution in [0.15, 0.2) is 30.5 Å². The van der Waals surface area contributed by atoms with E-state index in [2.05, 4.69) is 49.7 Å². The van der Waals surface area contributed by atoms with Crippen LogP contribution < -0.4 is 10.2 Å². The van der Waals surface area contributed by atoms with E-state index in [1.165, 1.54) is 24.9 Å². The Morgan fingerprint density at radius 2 is 1.88 bits per heavy atom. The van der Waals surface area contributed by atoms with E-state index < -0.39 is 0 Å². The maximum absolute atomic E-state index is 5.42. The SMILES string of the molecule is c1cc(N2CCOCC2)ccc1Nc1nc(C2CCC2)nc2cn[nH]c12. The minimum absolute atomic E-state index is 0.485. The fourth-order valence-corrected chi connectivity index (χ4v) is 3.51. The molecule has 7 nitrogen and oxygen atoms in total. The third-order valence-corrected chi connectivity index (χ3v) is 5.29. The molecule has 0 atom stereocenters. The lowest BCUT2D eigenvalue weighted by Crippen LogP contribution is -2.36. The predicted molar refractivity (Wildman–Crippen MR) is 101 cm³/mol. The summed E-state index contributed by atoms with van der Waals surface area (Å²) in [6, 6.07) is 8.48. The number of nitrogens with zero attached hydrogens (tertiary/aromatic N) is 4. The Labute approximate surface area is 151 Å². The van der Waals surface area contributed by atoms with Gasteiger partial charge in [-0.25, -0.2) is 9.97 Å². The molecule has 0 radical (unpaired) electrons. The lowest BCUT2D eigenvalue weighted by atomic mass is 9.85. The lowest BCUT2D eigenvalue weighted by Gasteiger charge is -2.29. The second-order valence-corrected chi connectivity index (χ2v) is 6.96. The number of fused-ring (bicyclic) bond motifs is 1. The van der Waals surface area contributed by atoms with E-state index in [9.17, 15) is 0 Å². The maximum atomic E-state index is 5.42. The van der Waals surface area contributed by atoms with Gasteiger partial charge in [0.25, 0.3) is 0 Å². The standard InChI is InChI=1S/C19H22N6O/c1-2-13(3-1)18-22-16-12-20-24-17(16)19(23-18)21-14-4-6-15(7-5-14)25-8-10-26-11-9-25/h4-7,12-13H,1-3,8-11H2,(H,20,24)(H,21,22,23). The van der Waals surface area contributed by atoms with Crippen LogP contribution in [-0.2, 0) is 4.74 Å². The highest BCUT2D eigenvalue weighted by Gasteiger charge is 2.24. The average Bonchev–Trinajstić information content (AvgIpc) is 3.11. The molecular weight excluding hydrogens is 328 g/mol. The van der Waals surface area contributed by atoms with Crippen LogP contribution in [0.4, 0.5) is 17.2 Å². The molecule has 2 aromatic heterocycles. The van der Waals surface area contributed by atoms with E-state index in [1.807, 2.05) is 0 Å². The smallest absolute Gasteiger partial charge is 0.160 e. The van der Waals surface area contributed by atoms with Crippen molar-refractivity contribution in [2.24, 2.45) is 0 Å². The van der Waals surface area contributed by atoms with Crippen LogP contribution in [0.2, 0.25) is 0 Å². The van der Waals surface area contributed by atoms with E-state index in [4.69, 9.17) is 9.72 Å². The molecule has 1 aliphatic heterocycles. The van der Waals surface area contributed by atoms with Gasteiger partial charge in [0.2, 0.25) is 0 Å². The number of nitrogens with one attached hydrogen (secondary N) is 2. The van der Waals surface area contributed by atoms with Gasteiger partial charge in [0.05, 0.1) is 19.4 Å². The zero-order valence-corrected chi connectivity index (χ0v) is 14.6. The Kier molecular flexibility index (Phi) is 3.93. The first-order valence-corrected chi connectivity index (χ1v) is 9.27. The highest BCUT2D eigenvalue weighted by atomic mass is 16.5. The summed E-state index contributed by atoms with van der Waals surface area (Å²) in [4.78, 5) is 11.8. The summed E-state index contributed by atoms with van der Waals surface area (Å²) < 4.78 is 5.42. The van der Waals surface area contributed by atoms with Crippen molar-refractivity contribution in [2.75, 3.05) is 36.5 Å². The van der Waals surface area contributed by atoms with Crippen LogP contribution in [0.25, 0.3) is 11.0 Å². The second kappa shape index (κ2) is 6.57. The monoisotopic (exact) mass is 350 g/mol. The molecular formula is C19H22N6O. The minimum atomic E-state index is 0.485. The molecule has 134 valence electrons. The third-order valence-electron chi connectivity index (χ3n) is 5.29. The highest BCUT2D eigenvalue weighted by Crippen LogP contribution is 2.36. The molecule has 0 spiro atoms. The Morgan fingerprint density at radius 1 is 1.08 bits per heavy atom. The number of anilines is 3. The first kappa shape index (κ1) is 15.6. The molecule has 0 amide bonds. The molecule has 3 aromatic rings.